The fourth-order valence-corrected chi connectivity index (χ4v) is 1.60. The van der Waals surface area contributed by atoms with Gasteiger partial charge in [-0.15, -0.1) is 0 Å². The molecule has 1 aliphatic rings. The van der Waals surface area contributed by atoms with Crippen LogP contribution in [0.2, 0.25) is 0 Å². The molecule has 0 aliphatic carbocycles. The van der Waals surface area contributed by atoms with Crippen LogP contribution < -0.4 is 0 Å². The van der Waals surface area contributed by atoms with Gasteiger partial charge in [0.2, 0.25) is 0 Å². The Kier molecular flexibility index (Phi) is 1.39. The molecule has 0 aromatic heterocycles. The normalized spacial score (nSPS) is 20.2. The van der Waals surface area contributed by atoms with E-state index in [0.717, 1.165) is 0 Å². The fraction of sp³-hybridized carbons (Fsp3) is 0. The van der Waals surface area contributed by atoms with Gasteiger partial charge in [0.05, 0.1) is 0 Å². The van der Waals surface area contributed by atoms with Gasteiger partial charge in [-0.25, -0.2) is 0 Å². The van der Waals surface area contributed by atoms with Crippen LogP contribution >= 0.6 is 23.5 Å². The summed E-state index contributed by atoms with van der Waals surface area (Å²) in [6, 6.07) is 0. The van der Waals surface area contributed by atoms with Gasteiger partial charge in [-0.05, 0) is 0 Å². The van der Waals surface area contributed by atoms with E-state index < -0.39 is 14.7 Å². The molecule has 1 rings (SSSR count). The predicted octanol–water partition coefficient (Wildman–Crippen LogP) is 0.640. The van der Waals surface area contributed by atoms with Crippen LogP contribution in [0, 0.1) is 0 Å². The topological polar surface area (TPSA) is 51.2 Å². The highest BCUT2D eigenvalue weighted by atomic mass is 32.2. The average molecular weight is 148 g/mol. The highest BCUT2D eigenvalue weighted by molar-refractivity contribution is 8.57. The van der Waals surface area contributed by atoms with E-state index in [1.807, 2.05) is 0 Å². The SMILES string of the molecule is O=C1SC(=O)C(=O)S1. The average Bonchev–Trinajstić information content (AvgIpc) is 1.85. The maximum absolute atomic E-state index is 10.2. The lowest BCUT2D eigenvalue weighted by molar-refractivity contribution is -0.126. The van der Waals surface area contributed by atoms with Gasteiger partial charge in [0.15, 0.2) is 0 Å². The van der Waals surface area contributed by atoms with Gasteiger partial charge in [0.25, 0.3) is 14.7 Å². The first kappa shape index (κ1) is 5.84. The molecule has 0 saturated carbocycles. The first-order chi connectivity index (χ1) is 3.70. The summed E-state index contributed by atoms with van der Waals surface area (Å²) in [5.74, 6) is 0. The Balaban J connectivity index is 2.79. The van der Waals surface area contributed by atoms with E-state index in [9.17, 15) is 14.4 Å². The molecule has 0 amide bonds. The summed E-state index contributed by atoms with van der Waals surface area (Å²) in [6.07, 6.45) is 0. The molecule has 1 aliphatic heterocycles. The molecule has 0 bridgehead atoms. The van der Waals surface area contributed by atoms with E-state index in [4.69, 9.17) is 0 Å². The van der Waals surface area contributed by atoms with Crippen molar-refractivity contribution in [1.29, 1.82) is 0 Å². The van der Waals surface area contributed by atoms with E-state index in [-0.39, 0.29) is 0 Å². The van der Waals surface area contributed by atoms with Crippen LogP contribution in [0.3, 0.4) is 0 Å². The zero-order valence-electron chi connectivity index (χ0n) is 3.54. The minimum atomic E-state index is -0.653. The van der Waals surface area contributed by atoms with Crippen molar-refractivity contribution < 1.29 is 14.4 Å². The fourth-order valence-electron chi connectivity index (χ4n) is 0.256. The summed E-state index contributed by atoms with van der Waals surface area (Å²) in [5, 5.41) is -1.31. The third-order valence-electron chi connectivity index (χ3n) is 0.519. The van der Waals surface area contributed by atoms with Gasteiger partial charge in [0, 0.05) is 23.5 Å². The van der Waals surface area contributed by atoms with Crippen molar-refractivity contribution in [2.24, 2.45) is 0 Å². The van der Waals surface area contributed by atoms with E-state index in [1.54, 1.807) is 0 Å². The van der Waals surface area contributed by atoms with Gasteiger partial charge in [-0.1, -0.05) is 0 Å². The molecule has 42 valence electrons. The van der Waals surface area contributed by atoms with Crippen molar-refractivity contribution in [2.75, 3.05) is 0 Å². The van der Waals surface area contributed by atoms with E-state index in [1.165, 1.54) is 0 Å². The molecule has 1 heterocycles. The van der Waals surface area contributed by atoms with Crippen LogP contribution in [0.25, 0.3) is 0 Å². The lowest BCUT2D eigenvalue weighted by Gasteiger charge is -1.68. The standard InChI is InChI=1S/C3O3S2/c4-1-2(5)8-3(6)7-1. The van der Waals surface area contributed by atoms with Crippen molar-refractivity contribution >= 4 is 38.2 Å². The third kappa shape index (κ3) is 0.924. The Morgan fingerprint density at radius 2 is 1.25 bits per heavy atom. The molecule has 3 nitrogen and oxygen atoms in total. The van der Waals surface area contributed by atoms with Crippen molar-refractivity contribution in [3.05, 3.63) is 0 Å². The Bertz CT molecular complexity index is 155. The van der Waals surface area contributed by atoms with Crippen molar-refractivity contribution in [3.63, 3.8) is 0 Å². The van der Waals surface area contributed by atoms with Gasteiger partial charge in [-0.3, -0.25) is 14.4 Å². The Morgan fingerprint density at radius 3 is 1.38 bits per heavy atom. The molecule has 0 atom stereocenters. The van der Waals surface area contributed by atoms with Crippen LogP contribution in [0.15, 0.2) is 0 Å². The van der Waals surface area contributed by atoms with Crippen LogP contribution in [0.1, 0.15) is 0 Å². The molecule has 0 aromatic rings. The first-order valence-electron chi connectivity index (χ1n) is 1.68. The zero-order chi connectivity index (χ0) is 6.15. The molecule has 5 heteroatoms. The molecule has 0 aromatic carbocycles. The van der Waals surface area contributed by atoms with Gasteiger partial charge < -0.3 is 0 Å². The van der Waals surface area contributed by atoms with Crippen molar-refractivity contribution in [1.82, 2.24) is 0 Å². The smallest absolute Gasteiger partial charge is 0.274 e. The second-order valence-electron chi connectivity index (χ2n) is 1.03. The maximum atomic E-state index is 10.2. The molecular formula is C3O3S2. The van der Waals surface area contributed by atoms with Crippen molar-refractivity contribution in [3.8, 4) is 0 Å². The first-order valence-corrected chi connectivity index (χ1v) is 3.31. The summed E-state index contributed by atoms with van der Waals surface area (Å²) < 4.78 is -0.417. The molecule has 1 fully saturated rings. The summed E-state index contributed by atoms with van der Waals surface area (Å²) in [6.45, 7) is 0. The van der Waals surface area contributed by atoms with E-state index in [0.29, 0.717) is 23.5 Å². The molecule has 0 spiro atoms. The van der Waals surface area contributed by atoms with Crippen LogP contribution in [-0.4, -0.2) is 14.7 Å². The number of carbonyl (C=O) groups excluding carboxylic acids is 3. The quantitative estimate of drug-likeness (QED) is 0.472. The summed E-state index contributed by atoms with van der Waals surface area (Å²) >= 11 is 0.928. The third-order valence-corrected chi connectivity index (χ3v) is 2.22. The molecule has 1 saturated heterocycles. The van der Waals surface area contributed by atoms with Crippen LogP contribution in [0.5, 0.6) is 0 Å². The highest BCUT2D eigenvalue weighted by Gasteiger charge is 2.30. The largest absolute Gasteiger partial charge is 0.277 e. The maximum Gasteiger partial charge on any atom is 0.274 e. The zero-order valence-corrected chi connectivity index (χ0v) is 5.17. The van der Waals surface area contributed by atoms with Crippen LogP contribution in [0.4, 0.5) is 4.79 Å². The second kappa shape index (κ2) is 1.91. The Hall–Kier alpha value is -0.290. The molecular weight excluding hydrogens is 148 g/mol. The van der Waals surface area contributed by atoms with Crippen LogP contribution in [-0.2, 0) is 9.59 Å². The highest BCUT2D eigenvalue weighted by Crippen LogP contribution is 2.28. The summed E-state index contributed by atoms with van der Waals surface area (Å²) in [4.78, 5) is 30.5. The lowest BCUT2D eigenvalue weighted by atomic mass is 10.9. The molecule has 0 N–H and O–H groups in total. The van der Waals surface area contributed by atoms with E-state index in [2.05, 4.69) is 0 Å². The molecule has 0 unspecified atom stereocenters. The predicted molar refractivity (Wildman–Crippen MR) is 30.6 cm³/mol. The number of hydrogen-bond donors (Lipinski definition) is 0. The van der Waals surface area contributed by atoms with Gasteiger partial charge in [0.1, 0.15) is 0 Å². The molecule has 0 radical (unpaired) electrons. The summed E-state index contributed by atoms with van der Waals surface area (Å²) in [7, 11) is 0. The van der Waals surface area contributed by atoms with E-state index >= 15 is 0 Å². The second-order valence-corrected chi connectivity index (χ2v) is 3.18. The number of hydrogen-bond acceptors (Lipinski definition) is 5. The van der Waals surface area contributed by atoms with Gasteiger partial charge >= 0.3 is 0 Å². The monoisotopic (exact) mass is 148 g/mol. The summed E-state index contributed by atoms with van der Waals surface area (Å²) in [5.41, 5.74) is 0. The van der Waals surface area contributed by atoms with Gasteiger partial charge in [-0.2, -0.15) is 0 Å². The molecule has 8 heavy (non-hydrogen) atoms. The number of rotatable bonds is 0. The number of carbonyl (C=O) groups is 3. The Morgan fingerprint density at radius 1 is 0.875 bits per heavy atom. The lowest BCUT2D eigenvalue weighted by Crippen LogP contribution is -1.94. The van der Waals surface area contributed by atoms with Crippen molar-refractivity contribution in [2.45, 2.75) is 0 Å². The number of thioether (sulfide) groups is 2. The Labute approximate surface area is 53.2 Å². The minimum Gasteiger partial charge on any atom is -0.277 e. The minimum absolute atomic E-state index is 0.417.